The molecule has 0 atom stereocenters. The molecule has 0 amide bonds. The third kappa shape index (κ3) is 2.30. The highest BCUT2D eigenvalue weighted by molar-refractivity contribution is 5.42. The van der Waals surface area contributed by atoms with E-state index in [1.54, 1.807) is 6.07 Å². The van der Waals surface area contributed by atoms with Crippen LogP contribution in [0.3, 0.4) is 0 Å². The zero-order valence-electron chi connectivity index (χ0n) is 9.05. The zero-order valence-corrected chi connectivity index (χ0v) is 9.05. The number of benzene rings is 1. The molecule has 86 valence electrons. The summed E-state index contributed by atoms with van der Waals surface area (Å²) in [5.74, 6) is 0.559. The number of nitro benzene ring substituents is 1. The maximum atomic E-state index is 10.7. The van der Waals surface area contributed by atoms with E-state index in [0.29, 0.717) is 5.75 Å². The van der Waals surface area contributed by atoms with E-state index in [-0.39, 0.29) is 17.8 Å². The van der Waals surface area contributed by atoms with Crippen molar-refractivity contribution in [1.29, 1.82) is 0 Å². The average molecular weight is 222 g/mol. The van der Waals surface area contributed by atoms with Gasteiger partial charge >= 0.3 is 0 Å². The second kappa shape index (κ2) is 4.09. The quantitative estimate of drug-likeness (QED) is 0.624. The number of ether oxygens (including phenoxy) is 1. The van der Waals surface area contributed by atoms with Crippen molar-refractivity contribution >= 4 is 5.69 Å². The summed E-state index contributed by atoms with van der Waals surface area (Å²) in [4.78, 5) is 10.2. The molecule has 1 aliphatic carbocycles. The summed E-state index contributed by atoms with van der Waals surface area (Å²) in [5.41, 5.74) is 6.54. The molecule has 2 rings (SSSR count). The molecule has 1 saturated carbocycles. The van der Waals surface area contributed by atoms with Gasteiger partial charge in [0.05, 0.1) is 11.0 Å². The van der Waals surface area contributed by atoms with Gasteiger partial charge in [-0.25, -0.2) is 0 Å². The fraction of sp³-hybridized carbons (Fsp3) is 0.455. The topological polar surface area (TPSA) is 78.4 Å². The number of hydrogen-bond acceptors (Lipinski definition) is 4. The van der Waals surface area contributed by atoms with E-state index in [9.17, 15) is 10.1 Å². The molecule has 1 aromatic carbocycles. The van der Waals surface area contributed by atoms with E-state index < -0.39 is 4.92 Å². The molecule has 0 radical (unpaired) electrons. The molecule has 0 spiro atoms. The lowest BCUT2D eigenvalue weighted by atomic mass is 9.90. The number of nitro groups is 1. The van der Waals surface area contributed by atoms with Gasteiger partial charge in [0, 0.05) is 12.1 Å². The lowest BCUT2D eigenvalue weighted by molar-refractivity contribution is -0.385. The van der Waals surface area contributed by atoms with Gasteiger partial charge in [0.1, 0.15) is 11.9 Å². The molecule has 0 saturated heterocycles. The van der Waals surface area contributed by atoms with Crippen LogP contribution in [0.1, 0.15) is 18.4 Å². The second-order valence-electron chi connectivity index (χ2n) is 4.23. The molecule has 1 fully saturated rings. The molecular formula is C11H14N2O3. The van der Waals surface area contributed by atoms with Gasteiger partial charge in [-0.2, -0.15) is 0 Å². The smallest absolute Gasteiger partial charge is 0.273 e. The minimum Gasteiger partial charge on any atom is -0.490 e. The predicted octanol–water partition coefficient (Wildman–Crippen LogP) is 1.77. The SMILES string of the molecule is Cc1cc(OC2CC(N)C2)cc([N+](=O)[O-])c1. The fourth-order valence-corrected chi connectivity index (χ4v) is 1.80. The molecule has 0 unspecified atom stereocenters. The molecule has 1 aliphatic rings. The van der Waals surface area contributed by atoms with Crippen LogP contribution in [0.25, 0.3) is 0 Å². The van der Waals surface area contributed by atoms with Crippen molar-refractivity contribution in [1.82, 2.24) is 0 Å². The molecule has 1 aromatic rings. The third-order valence-corrected chi connectivity index (χ3v) is 2.68. The van der Waals surface area contributed by atoms with Crippen molar-refractivity contribution in [3.8, 4) is 5.75 Å². The Balaban J connectivity index is 2.11. The Kier molecular flexibility index (Phi) is 2.78. The van der Waals surface area contributed by atoms with Crippen molar-refractivity contribution in [2.45, 2.75) is 31.9 Å². The van der Waals surface area contributed by atoms with Gasteiger partial charge in [-0.05, 0) is 31.4 Å². The first-order valence-electron chi connectivity index (χ1n) is 5.23. The normalized spacial score (nSPS) is 23.6. The number of nitrogens with two attached hydrogens (primary N) is 1. The lowest BCUT2D eigenvalue weighted by Crippen LogP contribution is -2.43. The monoisotopic (exact) mass is 222 g/mol. The number of hydrogen-bond donors (Lipinski definition) is 1. The summed E-state index contributed by atoms with van der Waals surface area (Å²) < 4.78 is 5.61. The Labute approximate surface area is 93.4 Å². The largest absolute Gasteiger partial charge is 0.490 e. The van der Waals surface area contributed by atoms with E-state index in [1.165, 1.54) is 12.1 Å². The van der Waals surface area contributed by atoms with E-state index in [4.69, 9.17) is 10.5 Å². The maximum Gasteiger partial charge on any atom is 0.273 e. The van der Waals surface area contributed by atoms with Crippen LogP contribution in [-0.2, 0) is 0 Å². The average Bonchev–Trinajstić information content (AvgIpc) is 2.14. The van der Waals surface area contributed by atoms with Crippen molar-refractivity contribution in [2.75, 3.05) is 0 Å². The first-order valence-corrected chi connectivity index (χ1v) is 5.23. The number of rotatable bonds is 3. The molecule has 5 heteroatoms. The molecule has 2 N–H and O–H groups in total. The summed E-state index contributed by atoms with van der Waals surface area (Å²) in [6.45, 7) is 1.81. The molecule has 0 heterocycles. The Hall–Kier alpha value is -1.62. The van der Waals surface area contributed by atoms with Gasteiger partial charge < -0.3 is 10.5 Å². The Morgan fingerprint density at radius 1 is 1.44 bits per heavy atom. The third-order valence-electron chi connectivity index (χ3n) is 2.68. The zero-order chi connectivity index (χ0) is 11.7. The van der Waals surface area contributed by atoms with Crippen LogP contribution in [0, 0.1) is 17.0 Å². The summed E-state index contributed by atoms with van der Waals surface area (Å²) in [6.07, 6.45) is 1.75. The van der Waals surface area contributed by atoms with Crippen molar-refractivity contribution in [3.63, 3.8) is 0 Å². The minimum atomic E-state index is -0.410. The van der Waals surface area contributed by atoms with Crippen LogP contribution >= 0.6 is 0 Å². The highest BCUT2D eigenvalue weighted by Gasteiger charge is 2.28. The number of nitrogens with zero attached hydrogens (tertiary/aromatic N) is 1. The van der Waals surface area contributed by atoms with Crippen molar-refractivity contribution in [2.24, 2.45) is 5.73 Å². The molecular weight excluding hydrogens is 208 g/mol. The van der Waals surface area contributed by atoms with Crippen molar-refractivity contribution < 1.29 is 9.66 Å². The van der Waals surface area contributed by atoms with Gasteiger partial charge in [-0.15, -0.1) is 0 Å². The van der Waals surface area contributed by atoms with Crippen LogP contribution < -0.4 is 10.5 Å². The summed E-state index contributed by atoms with van der Waals surface area (Å²) in [7, 11) is 0. The summed E-state index contributed by atoms with van der Waals surface area (Å²) in [5, 5.41) is 10.7. The first kappa shape index (κ1) is 10.9. The standard InChI is InChI=1S/C11H14N2O3/c1-7-2-9(13(14)15)6-10(3-7)16-11-4-8(12)5-11/h2-3,6,8,11H,4-5,12H2,1H3. The van der Waals surface area contributed by atoms with Crippen LogP contribution in [0.15, 0.2) is 18.2 Å². The lowest BCUT2D eigenvalue weighted by Gasteiger charge is -2.32. The molecule has 0 bridgehead atoms. The van der Waals surface area contributed by atoms with E-state index in [2.05, 4.69) is 0 Å². The van der Waals surface area contributed by atoms with Crippen molar-refractivity contribution in [3.05, 3.63) is 33.9 Å². The molecule has 0 aromatic heterocycles. The van der Waals surface area contributed by atoms with Gasteiger partial charge in [0.15, 0.2) is 0 Å². The summed E-state index contributed by atoms with van der Waals surface area (Å²) in [6, 6.07) is 5.00. The minimum absolute atomic E-state index is 0.0682. The molecule has 5 nitrogen and oxygen atoms in total. The first-order chi connectivity index (χ1) is 7.54. The fourth-order valence-electron chi connectivity index (χ4n) is 1.80. The Bertz CT molecular complexity index is 414. The number of non-ortho nitro benzene ring substituents is 1. The van der Waals surface area contributed by atoms with Gasteiger partial charge in [0.2, 0.25) is 0 Å². The van der Waals surface area contributed by atoms with Crippen LogP contribution in [-0.4, -0.2) is 17.1 Å². The Morgan fingerprint density at radius 2 is 2.12 bits per heavy atom. The molecule has 0 aliphatic heterocycles. The van der Waals surface area contributed by atoms with Crippen LogP contribution in [0.4, 0.5) is 5.69 Å². The van der Waals surface area contributed by atoms with Crippen LogP contribution in [0.5, 0.6) is 5.75 Å². The van der Waals surface area contributed by atoms with E-state index in [0.717, 1.165) is 18.4 Å². The molecule has 16 heavy (non-hydrogen) atoms. The maximum absolute atomic E-state index is 10.7. The van der Waals surface area contributed by atoms with Gasteiger partial charge in [-0.1, -0.05) is 0 Å². The highest BCUT2D eigenvalue weighted by atomic mass is 16.6. The highest BCUT2D eigenvalue weighted by Crippen LogP contribution is 2.28. The van der Waals surface area contributed by atoms with Gasteiger partial charge in [0.25, 0.3) is 5.69 Å². The van der Waals surface area contributed by atoms with Gasteiger partial charge in [-0.3, -0.25) is 10.1 Å². The predicted molar refractivity (Wildman–Crippen MR) is 59.5 cm³/mol. The Morgan fingerprint density at radius 3 is 2.69 bits per heavy atom. The van der Waals surface area contributed by atoms with E-state index >= 15 is 0 Å². The second-order valence-corrected chi connectivity index (χ2v) is 4.23. The summed E-state index contributed by atoms with van der Waals surface area (Å²) >= 11 is 0. The van der Waals surface area contributed by atoms with E-state index in [1.807, 2.05) is 6.92 Å². The van der Waals surface area contributed by atoms with Crippen LogP contribution in [0.2, 0.25) is 0 Å². The number of aryl methyl sites for hydroxylation is 1.